The standard InChI is InChI=1S/C28H39N3O6S/c1-5-15-29-28(33)24(6-2)30(20-22-11-8-7-10-21(22)3)27(32)12-9-16-31(38(4,34)35)23-13-14-25-26(19-23)37-18-17-36-25/h7-8,10-11,13-14,19,24H,5-6,9,12,15-18,20H2,1-4H3,(H,29,33). The van der Waals surface area contributed by atoms with Crippen molar-refractivity contribution in [1.29, 1.82) is 0 Å². The summed E-state index contributed by atoms with van der Waals surface area (Å²) in [6.07, 6.45) is 2.80. The highest BCUT2D eigenvalue weighted by atomic mass is 32.2. The number of hydrogen-bond donors (Lipinski definition) is 1. The minimum absolute atomic E-state index is 0.0972. The molecule has 0 saturated heterocycles. The summed E-state index contributed by atoms with van der Waals surface area (Å²) < 4.78 is 37.7. The van der Waals surface area contributed by atoms with Gasteiger partial charge in [-0.2, -0.15) is 0 Å². The molecule has 3 rings (SSSR count). The van der Waals surface area contributed by atoms with E-state index in [1.807, 2.05) is 45.0 Å². The molecule has 1 N–H and O–H groups in total. The smallest absolute Gasteiger partial charge is 0.242 e. The number of benzene rings is 2. The first-order chi connectivity index (χ1) is 18.2. The molecule has 0 radical (unpaired) electrons. The van der Waals surface area contributed by atoms with Crippen LogP contribution in [0.15, 0.2) is 42.5 Å². The van der Waals surface area contributed by atoms with Crippen LogP contribution in [0.25, 0.3) is 0 Å². The Bertz CT molecular complexity index is 1220. The van der Waals surface area contributed by atoms with Gasteiger partial charge in [-0.15, -0.1) is 0 Å². The maximum atomic E-state index is 13.5. The quantitative estimate of drug-likeness (QED) is 0.412. The monoisotopic (exact) mass is 545 g/mol. The van der Waals surface area contributed by atoms with Gasteiger partial charge in [0.05, 0.1) is 11.9 Å². The summed E-state index contributed by atoms with van der Waals surface area (Å²) in [6.45, 7) is 7.65. The summed E-state index contributed by atoms with van der Waals surface area (Å²) >= 11 is 0. The number of hydrogen-bond acceptors (Lipinski definition) is 6. The molecule has 9 nitrogen and oxygen atoms in total. The molecule has 0 bridgehead atoms. The van der Waals surface area contributed by atoms with Gasteiger partial charge in [-0.1, -0.05) is 38.1 Å². The van der Waals surface area contributed by atoms with Crippen molar-refractivity contribution in [2.45, 2.75) is 59.0 Å². The zero-order valence-corrected chi connectivity index (χ0v) is 23.6. The van der Waals surface area contributed by atoms with Crippen LogP contribution in [0, 0.1) is 6.92 Å². The molecule has 2 aromatic rings. The summed E-state index contributed by atoms with van der Waals surface area (Å²) in [5, 5.41) is 2.92. The zero-order chi connectivity index (χ0) is 27.7. The van der Waals surface area contributed by atoms with Crippen LogP contribution in [-0.4, -0.2) is 63.7 Å². The first-order valence-corrected chi connectivity index (χ1v) is 15.0. The lowest BCUT2D eigenvalue weighted by atomic mass is 10.1. The van der Waals surface area contributed by atoms with Crippen LogP contribution in [0.4, 0.5) is 5.69 Å². The van der Waals surface area contributed by atoms with Crippen LogP contribution in [-0.2, 0) is 26.2 Å². The van der Waals surface area contributed by atoms with Crippen molar-refractivity contribution in [3.05, 3.63) is 53.6 Å². The Kier molecular flexibility index (Phi) is 10.4. The normalized spacial score (nSPS) is 13.5. The van der Waals surface area contributed by atoms with E-state index >= 15 is 0 Å². The van der Waals surface area contributed by atoms with Gasteiger partial charge in [0.15, 0.2) is 11.5 Å². The number of sulfonamides is 1. The van der Waals surface area contributed by atoms with Gasteiger partial charge in [-0.25, -0.2) is 8.42 Å². The highest BCUT2D eigenvalue weighted by Gasteiger charge is 2.29. The minimum atomic E-state index is -3.61. The maximum Gasteiger partial charge on any atom is 0.242 e. The van der Waals surface area contributed by atoms with Gasteiger partial charge in [0.2, 0.25) is 21.8 Å². The van der Waals surface area contributed by atoms with E-state index in [9.17, 15) is 18.0 Å². The SMILES string of the molecule is CCCNC(=O)C(CC)N(Cc1ccccc1C)C(=O)CCCN(c1ccc2c(c1)OCCO2)S(C)(=O)=O. The maximum absolute atomic E-state index is 13.5. The number of ether oxygens (including phenoxy) is 2. The second kappa shape index (κ2) is 13.5. The van der Waals surface area contributed by atoms with Crippen molar-refractivity contribution in [2.75, 3.05) is 36.9 Å². The summed E-state index contributed by atoms with van der Waals surface area (Å²) in [5.74, 6) is 0.696. The van der Waals surface area contributed by atoms with E-state index in [-0.39, 0.29) is 31.2 Å². The number of carbonyl (C=O) groups excluding carboxylic acids is 2. The molecule has 2 amide bonds. The predicted molar refractivity (Wildman–Crippen MR) is 148 cm³/mol. The third-order valence-corrected chi connectivity index (χ3v) is 7.70. The van der Waals surface area contributed by atoms with Gasteiger partial charge in [0, 0.05) is 32.1 Å². The Hall–Kier alpha value is -3.27. The summed E-state index contributed by atoms with van der Waals surface area (Å²) in [7, 11) is -3.61. The average molecular weight is 546 g/mol. The van der Waals surface area contributed by atoms with Crippen LogP contribution >= 0.6 is 0 Å². The van der Waals surface area contributed by atoms with E-state index < -0.39 is 16.1 Å². The van der Waals surface area contributed by atoms with E-state index in [1.165, 1.54) is 4.31 Å². The highest BCUT2D eigenvalue weighted by Crippen LogP contribution is 2.34. The van der Waals surface area contributed by atoms with Crippen molar-refractivity contribution in [2.24, 2.45) is 0 Å². The van der Waals surface area contributed by atoms with Crippen molar-refractivity contribution < 1.29 is 27.5 Å². The van der Waals surface area contributed by atoms with Crippen LogP contribution in [0.1, 0.15) is 50.7 Å². The van der Waals surface area contributed by atoms with Crippen LogP contribution < -0.4 is 19.1 Å². The molecule has 0 saturated carbocycles. The number of anilines is 1. The highest BCUT2D eigenvalue weighted by molar-refractivity contribution is 7.92. The van der Waals surface area contributed by atoms with Crippen LogP contribution in [0.3, 0.4) is 0 Å². The number of amides is 2. The molecule has 10 heteroatoms. The minimum Gasteiger partial charge on any atom is -0.486 e. The third kappa shape index (κ3) is 7.63. The average Bonchev–Trinajstić information content (AvgIpc) is 2.89. The van der Waals surface area contributed by atoms with E-state index in [0.717, 1.165) is 23.8 Å². The van der Waals surface area contributed by atoms with Gasteiger partial charge >= 0.3 is 0 Å². The van der Waals surface area contributed by atoms with Gasteiger partial charge in [-0.05, 0) is 49.4 Å². The fourth-order valence-corrected chi connectivity index (χ4v) is 5.40. The summed E-state index contributed by atoms with van der Waals surface area (Å²) in [6, 6.07) is 12.2. The van der Waals surface area contributed by atoms with E-state index in [2.05, 4.69) is 5.32 Å². The Labute approximate surface area is 226 Å². The lowest BCUT2D eigenvalue weighted by molar-refractivity contribution is -0.141. The fraction of sp³-hybridized carbons (Fsp3) is 0.500. The number of nitrogens with zero attached hydrogens (tertiary/aromatic N) is 2. The number of aryl methyl sites for hydroxylation is 1. The van der Waals surface area contributed by atoms with Crippen molar-refractivity contribution in [3.8, 4) is 11.5 Å². The molecule has 0 aliphatic carbocycles. The summed E-state index contributed by atoms with van der Waals surface area (Å²) in [5.41, 5.74) is 2.46. The zero-order valence-electron chi connectivity index (χ0n) is 22.7. The second-order valence-corrected chi connectivity index (χ2v) is 11.3. The van der Waals surface area contributed by atoms with Crippen molar-refractivity contribution in [1.82, 2.24) is 10.2 Å². The van der Waals surface area contributed by atoms with Gasteiger partial charge in [0.1, 0.15) is 19.3 Å². The number of carbonyl (C=O) groups is 2. The summed E-state index contributed by atoms with van der Waals surface area (Å²) in [4.78, 5) is 28.1. The molecule has 208 valence electrons. The molecular weight excluding hydrogens is 506 g/mol. The Morgan fingerprint density at radius 2 is 1.76 bits per heavy atom. The van der Waals surface area contributed by atoms with Gasteiger partial charge < -0.3 is 19.7 Å². The number of rotatable bonds is 13. The van der Waals surface area contributed by atoms with Crippen LogP contribution in [0.2, 0.25) is 0 Å². The van der Waals surface area contributed by atoms with Gasteiger partial charge in [-0.3, -0.25) is 13.9 Å². The van der Waals surface area contributed by atoms with Crippen molar-refractivity contribution >= 4 is 27.5 Å². The molecule has 1 aliphatic rings. The molecule has 1 unspecified atom stereocenters. The number of fused-ring (bicyclic) bond motifs is 1. The fourth-order valence-electron chi connectivity index (χ4n) is 4.45. The Balaban J connectivity index is 1.77. The molecule has 0 fully saturated rings. The molecule has 38 heavy (non-hydrogen) atoms. The molecule has 0 aromatic heterocycles. The van der Waals surface area contributed by atoms with E-state index in [4.69, 9.17) is 9.47 Å². The van der Waals surface area contributed by atoms with Gasteiger partial charge in [0.25, 0.3) is 0 Å². The lowest BCUT2D eigenvalue weighted by Gasteiger charge is -2.31. The van der Waals surface area contributed by atoms with Crippen LogP contribution in [0.5, 0.6) is 11.5 Å². The first kappa shape index (κ1) is 29.3. The molecular formula is C28H39N3O6S. The first-order valence-electron chi connectivity index (χ1n) is 13.1. The van der Waals surface area contributed by atoms with Crippen molar-refractivity contribution in [3.63, 3.8) is 0 Å². The van der Waals surface area contributed by atoms with E-state index in [0.29, 0.717) is 49.9 Å². The Morgan fingerprint density at radius 3 is 2.42 bits per heavy atom. The molecule has 1 aliphatic heterocycles. The predicted octanol–water partition coefficient (Wildman–Crippen LogP) is 3.65. The Morgan fingerprint density at radius 1 is 1.05 bits per heavy atom. The largest absolute Gasteiger partial charge is 0.486 e. The number of nitrogens with one attached hydrogen (secondary N) is 1. The molecule has 1 heterocycles. The lowest BCUT2D eigenvalue weighted by Crippen LogP contribution is -2.49. The molecule has 0 spiro atoms. The third-order valence-electron chi connectivity index (χ3n) is 6.50. The van der Waals surface area contributed by atoms with E-state index in [1.54, 1.807) is 23.1 Å². The molecule has 1 atom stereocenters. The molecule has 2 aromatic carbocycles. The second-order valence-electron chi connectivity index (χ2n) is 9.43. The topological polar surface area (TPSA) is 105 Å².